The first-order valence-electron chi connectivity index (χ1n) is 6.82. The number of pyridine rings is 1. The van der Waals surface area contributed by atoms with E-state index in [2.05, 4.69) is 4.98 Å². The molecule has 7 heteroatoms. The lowest BCUT2D eigenvalue weighted by molar-refractivity contribution is 0.0174. The first kappa shape index (κ1) is 17.3. The van der Waals surface area contributed by atoms with Gasteiger partial charge >= 0.3 is 6.03 Å². The Labute approximate surface area is 123 Å². The molecule has 21 heavy (non-hydrogen) atoms. The zero-order valence-corrected chi connectivity index (χ0v) is 12.8. The molecule has 2 unspecified atom stereocenters. The van der Waals surface area contributed by atoms with Crippen molar-refractivity contribution < 1.29 is 18.7 Å². The first-order valence-corrected chi connectivity index (χ1v) is 6.82. The van der Waals surface area contributed by atoms with Crippen molar-refractivity contribution in [3.05, 3.63) is 23.9 Å². The van der Waals surface area contributed by atoms with Gasteiger partial charge in [-0.2, -0.15) is 0 Å². The molecule has 2 rings (SSSR count). The molecule has 2 heterocycles. The second kappa shape index (κ2) is 6.34. The molecular weight excluding hydrogens is 280 g/mol. The number of hydrogen-bond donors (Lipinski definition) is 1. The van der Waals surface area contributed by atoms with Crippen molar-refractivity contribution in [3.63, 3.8) is 0 Å². The molecule has 0 spiro atoms. The standard InChI is InChI=1S/C12H15F2N3O2.C2H6/c1-7-10(18)17(11(19)16(7)3)9-6-8(4-5-15-9)12(2,13)14;1-2/h4-7,10,18H,1-3H3;1-2H3. The van der Waals surface area contributed by atoms with Gasteiger partial charge < -0.3 is 10.0 Å². The van der Waals surface area contributed by atoms with Gasteiger partial charge in [0.05, 0.1) is 6.04 Å². The summed E-state index contributed by atoms with van der Waals surface area (Å²) >= 11 is 0. The summed E-state index contributed by atoms with van der Waals surface area (Å²) in [5.41, 5.74) is -0.250. The molecule has 1 N–H and O–H groups in total. The third-order valence-corrected chi connectivity index (χ3v) is 3.31. The van der Waals surface area contributed by atoms with Crippen LogP contribution >= 0.6 is 0 Å². The zero-order chi connectivity index (χ0) is 16.4. The molecule has 1 fully saturated rings. The molecular formula is C14H21F2N3O2. The third-order valence-electron chi connectivity index (χ3n) is 3.31. The minimum absolute atomic E-state index is 0.0210. The van der Waals surface area contributed by atoms with Crippen LogP contribution in [0.4, 0.5) is 19.4 Å². The fraction of sp³-hybridized carbons (Fsp3) is 0.571. The summed E-state index contributed by atoms with van der Waals surface area (Å²) in [4.78, 5) is 18.2. The topological polar surface area (TPSA) is 56.7 Å². The van der Waals surface area contributed by atoms with E-state index in [9.17, 15) is 18.7 Å². The summed E-state index contributed by atoms with van der Waals surface area (Å²) in [5.74, 6) is -3.00. The first-order chi connectivity index (χ1) is 9.73. The molecule has 0 bridgehead atoms. The van der Waals surface area contributed by atoms with Crippen molar-refractivity contribution in [2.75, 3.05) is 11.9 Å². The lowest BCUT2D eigenvalue weighted by atomic mass is 10.1. The lowest BCUT2D eigenvalue weighted by Crippen LogP contribution is -2.36. The van der Waals surface area contributed by atoms with Crippen LogP contribution in [0.5, 0.6) is 0 Å². The SMILES string of the molecule is CC.CC1C(O)N(c2cc(C(C)(F)F)ccn2)C(=O)N1C. The van der Waals surface area contributed by atoms with Crippen LogP contribution in [-0.2, 0) is 5.92 Å². The van der Waals surface area contributed by atoms with Crippen molar-refractivity contribution in [1.82, 2.24) is 9.88 Å². The highest BCUT2D eigenvalue weighted by Gasteiger charge is 2.42. The maximum absolute atomic E-state index is 13.3. The molecule has 2 atom stereocenters. The van der Waals surface area contributed by atoms with E-state index in [-0.39, 0.29) is 11.4 Å². The Hall–Kier alpha value is -1.76. The van der Waals surface area contributed by atoms with Crippen molar-refractivity contribution in [1.29, 1.82) is 0 Å². The van der Waals surface area contributed by atoms with Gasteiger partial charge in [-0.3, -0.25) is 0 Å². The van der Waals surface area contributed by atoms with E-state index in [0.717, 1.165) is 17.9 Å². The Morgan fingerprint density at radius 2 is 1.95 bits per heavy atom. The molecule has 5 nitrogen and oxygen atoms in total. The Kier molecular flexibility index (Phi) is 5.22. The highest BCUT2D eigenvalue weighted by atomic mass is 19.3. The van der Waals surface area contributed by atoms with E-state index >= 15 is 0 Å². The van der Waals surface area contributed by atoms with Crippen molar-refractivity contribution in [2.45, 2.75) is 45.9 Å². The number of carbonyl (C=O) groups excluding carboxylic acids is 1. The number of urea groups is 1. The number of likely N-dealkylation sites (N-methyl/N-ethyl adjacent to an activating group) is 1. The van der Waals surface area contributed by atoms with Crippen LogP contribution in [0.3, 0.4) is 0 Å². The fourth-order valence-electron chi connectivity index (χ4n) is 1.93. The van der Waals surface area contributed by atoms with Crippen molar-refractivity contribution in [3.8, 4) is 0 Å². The number of carbonyl (C=O) groups is 1. The Morgan fingerprint density at radius 3 is 2.38 bits per heavy atom. The summed E-state index contributed by atoms with van der Waals surface area (Å²) in [6.07, 6.45) is 0.0937. The van der Waals surface area contributed by atoms with E-state index in [0.29, 0.717) is 0 Å². The number of aromatic nitrogens is 1. The second-order valence-corrected chi connectivity index (χ2v) is 4.71. The molecule has 1 aliphatic heterocycles. The molecule has 1 saturated heterocycles. The number of aliphatic hydroxyl groups is 1. The van der Waals surface area contributed by atoms with Crippen molar-refractivity contribution >= 4 is 11.8 Å². The maximum atomic E-state index is 13.3. The van der Waals surface area contributed by atoms with Gasteiger partial charge in [0, 0.05) is 25.7 Å². The number of aliphatic hydroxyl groups excluding tert-OH is 1. The molecule has 0 radical (unpaired) electrons. The number of alkyl halides is 2. The van der Waals surface area contributed by atoms with Crippen LogP contribution in [0, 0.1) is 0 Å². The quantitative estimate of drug-likeness (QED) is 0.914. The summed E-state index contributed by atoms with van der Waals surface area (Å²) in [6, 6.07) is 1.40. The number of amides is 2. The van der Waals surface area contributed by atoms with Crippen LogP contribution in [-0.4, -0.2) is 40.3 Å². The van der Waals surface area contributed by atoms with Gasteiger partial charge in [-0.25, -0.2) is 23.5 Å². The predicted molar refractivity (Wildman–Crippen MR) is 76.3 cm³/mol. The number of rotatable bonds is 2. The molecule has 1 aromatic rings. The largest absolute Gasteiger partial charge is 0.371 e. The van der Waals surface area contributed by atoms with E-state index in [1.165, 1.54) is 24.2 Å². The average Bonchev–Trinajstić information content (AvgIpc) is 2.64. The van der Waals surface area contributed by atoms with Crippen LogP contribution in [0.25, 0.3) is 0 Å². The van der Waals surface area contributed by atoms with Crippen LogP contribution in [0.2, 0.25) is 0 Å². The van der Waals surface area contributed by atoms with Gasteiger partial charge in [-0.05, 0) is 19.1 Å². The number of hydrogen-bond acceptors (Lipinski definition) is 3. The van der Waals surface area contributed by atoms with E-state index in [1.54, 1.807) is 6.92 Å². The minimum atomic E-state index is -3.02. The Morgan fingerprint density at radius 1 is 1.38 bits per heavy atom. The normalized spacial score (nSPS) is 22.2. The second-order valence-electron chi connectivity index (χ2n) is 4.71. The number of halogens is 2. The van der Waals surface area contributed by atoms with E-state index in [1.807, 2.05) is 13.8 Å². The van der Waals surface area contributed by atoms with Gasteiger partial charge in [-0.1, -0.05) is 13.8 Å². The van der Waals surface area contributed by atoms with E-state index in [4.69, 9.17) is 0 Å². The molecule has 1 aromatic heterocycles. The molecule has 0 aromatic carbocycles. The highest BCUT2D eigenvalue weighted by molar-refractivity contribution is 5.94. The smallest absolute Gasteiger partial charge is 0.328 e. The third kappa shape index (κ3) is 3.29. The number of anilines is 1. The van der Waals surface area contributed by atoms with E-state index < -0.39 is 24.2 Å². The molecule has 1 aliphatic rings. The summed E-state index contributed by atoms with van der Waals surface area (Å²) in [5, 5.41) is 9.98. The van der Waals surface area contributed by atoms with Crippen LogP contribution in [0.1, 0.15) is 33.3 Å². The molecule has 118 valence electrons. The summed E-state index contributed by atoms with van der Waals surface area (Å²) < 4.78 is 26.5. The van der Waals surface area contributed by atoms with Crippen LogP contribution in [0.15, 0.2) is 18.3 Å². The minimum Gasteiger partial charge on any atom is -0.371 e. The molecule has 0 aliphatic carbocycles. The van der Waals surface area contributed by atoms with Gasteiger partial charge in [-0.15, -0.1) is 0 Å². The Bertz CT molecular complexity index is 505. The summed E-state index contributed by atoms with van der Waals surface area (Å²) in [7, 11) is 1.54. The predicted octanol–water partition coefficient (Wildman–Crippen LogP) is 2.80. The fourth-order valence-corrected chi connectivity index (χ4v) is 1.93. The van der Waals surface area contributed by atoms with Gasteiger partial charge in [0.25, 0.3) is 5.92 Å². The average molecular weight is 301 g/mol. The Balaban J connectivity index is 0.00000106. The zero-order valence-electron chi connectivity index (χ0n) is 12.8. The van der Waals surface area contributed by atoms with Gasteiger partial charge in [0.2, 0.25) is 0 Å². The summed E-state index contributed by atoms with van der Waals surface area (Å²) in [6.45, 7) is 6.43. The molecule has 0 saturated carbocycles. The highest BCUT2D eigenvalue weighted by Crippen LogP contribution is 2.31. The van der Waals surface area contributed by atoms with Crippen LogP contribution < -0.4 is 4.90 Å². The maximum Gasteiger partial charge on any atom is 0.328 e. The van der Waals surface area contributed by atoms with Gasteiger partial charge in [0.1, 0.15) is 5.82 Å². The lowest BCUT2D eigenvalue weighted by Gasteiger charge is -2.20. The molecule has 2 amide bonds. The monoisotopic (exact) mass is 301 g/mol. The van der Waals surface area contributed by atoms with Gasteiger partial charge in [0.15, 0.2) is 6.23 Å². The number of nitrogens with zero attached hydrogens (tertiary/aromatic N) is 3. The van der Waals surface area contributed by atoms with Crippen molar-refractivity contribution in [2.24, 2.45) is 0 Å².